The van der Waals surface area contributed by atoms with Crippen LogP contribution >= 0.6 is 0 Å². The largest absolute Gasteiger partial charge is 0.388 e. The summed E-state index contributed by atoms with van der Waals surface area (Å²) in [5, 5.41) is 10.1. The Balaban J connectivity index is 1.89. The lowest BCUT2D eigenvalue weighted by Crippen LogP contribution is -2.45. The van der Waals surface area contributed by atoms with Crippen molar-refractivity contribution in [1.82, 2.24) is 9.80 Å². The highest BCUT2D eigenvalue weighted by Crippen LogP contribution is 2.23. The van der Waals surface area contributed by atoms with Crippen molar-refractivity contribution in [3.63, 3.8) is 0 Å². The number of aliphatic hydroxyl groups excluding tert-OH is 1. The van der Waals surface area contributed by atoms with Gasteiger partial charge in [0.25, 0.3) is 0 Å². The maximum absolute atomic E-state index is 13.6. The Kier molecular flexibility index (Phi) is 5.67. The molecule has 21 heavy (non-hydrogen) atoms. The van der Waals surface area contributed by atoms with Gasteiger partial charge in [-0.05, 0) is 46.0 Å². The molecule has 2 unspecified atom stereocenters. The molecule has 1 aromatic carbocycles. The molecule has 1 aliphatic rings. The number of nitrogens with zero attached hydrogens (tertiary/aromatic N) is 2. The molecule has 0 aromatic heterocycles. The first kappa shape index (κ1) is 16.3. The van der Waals surface area contributed by atoms with E-state index in [1.54, 1.807) is 0 Å². The van der Waals surface area contributed by atoms with Crippen molar-refractivity contribution in [2.75, 3.05) is 33.7 Å². The van der Waals surface area contributed by atoms with E-state index in [-0.39, 0.29) is 5.56 Å². The SMILES string of the molecule is CN(C)C1CCCN(CCC(O)c2cccc(F)c2F)C1. The van der Waals surface area contributed by atoms with Crippen LogP contribution in [0, 0.1) is 11.6 Å². The predicted octanol–water partition coefficient (Wildman–Crippen LogP) is 2.41. The number of likely N-dealkylation sites (tertiary alicyclic amines) is 1. The van der Waals surface area contributed by atoms with Crippen molar-refractivity contribution in [2.45, 2.75) is 31.4 Å². The third kappa shape index (κ3) is 4.22. The molecule has 5 heteroatoms. The zero-order valence-corrected chi connectivity index (χ0v) is 12.7. The molecule has 1 N–H and O–H groups in total. The van der Waals surface area contributed by atoms with Crippen LogP contribution in [0.15, 0.2) is 18.2 Å². The molecule has 0 spiro atoms. The highest BCUT2D eigenvalue weighted by Gasteiger charge is 2.22. The van der Waals surface area contributed by atoms with Gasteiger partial charge >= 0.3 is 0 Å². The van der Waals surface area contributed by atoms with Crippen LogP contribution in [0.1, 0.15) is 30.9 Å². The highest BCUT2D eigenvalue weighted by atomic mass is 19.2. The Morgan fingerprint density at radius 2 is 2.14 bits per heavy atom. The number of piperidine rings is 1. The lowest BCUT2D eigenvalue weighted by Gasteiger charge is -2.36. The first-order valence-electron chi connectivity index (χ1n) is 7.49. The third-order valence-corrected chi connectivity index (χ3v) is 4.27. The van der Waals surface area contributed by atoms with Gasteiger partial charge in [0.1, 0.15) is 0 Å². The molecule has 2 atom stereocenters. The molecule has 3 nitrogen and oxygen atoms in total. The zero-order valence-electron chi connectivity index (χ0n) is 12.7. The van der Waals surface area contributed by atoms with Gasteiger partial charge < -0.3 is 14.9 Å². The van der Waals surface area contributed by atoms with E-state index in [1.807, 2.05) is 0 Å². The summed E-state index contributed by atoms with van der Waals surface area (Å²) in [6.45, 7) is 2.66. The summed E-state index contributed by atoms with van der Waals surface area (Å²) in [6.07, 6.45) is 1.78. The predicted molar refractivity (Wildman–Crippen MR) is 79.1 cm³/mol. The molecule has 1 aliphatic heterocycles. The van der Waals surface area contributed by atoms with E-state index < -0.39 is 17.7 Å². The van der Waals surface area contributed by atoms with Crippen molar-refractivity contribution < 1.29 is 13.9 Å². The quantitative estimate of drug-likeness (QED) is 0.904. The molecular weight excluding hydrogens is 274 g/mol. The maximum atomic E-state index is 13.6. The smallest absolute Gasteiger partial charge is 0.164 e. The fourth-order valence-electron chi connectivity index (χ4n) is 2.89. The van der Waals surface area contributed by atoms with Crippen molar-refractivity contribution >= 4 is 0 Å². The average Bonchev–Trinajstić information content (AvgIpc) is 2.48. The van der Waals surface area contributed by atoms with Gasteiger partial charge in [0.05, 0.1) is 6.10 Å². The molecule has 1 fully saturated rings. The van der Waals surface area contributed by atoms with Crippen LogP contribution in [0.4, 0.5) is 8.78 Å². The van der Waals surface area contributed by atoms with Crippen LogP contribution in [-0.4, -0.2) is 54.7 Å². The summed E-state index contributed by atoms with van der Waals surface area (Å²) >= 11 is 0. The lowest BCUT2D eigenvalue weighted by atomic mass is 10.0. The molecule has 0 aliphatic carbocycles. The molecule has 118 valence electrons. The Bertz CT molecular complexity index is 468. The van der Waals surface area contributed by atoms with Gasteiger partial charge in [-0.15, -0.1) is 0 Å². The van der Waals surface area contributed by atoms with Gasteiger partial charge in [0.2, 0.25) is 0 Å². The number of hydrogen-bond donors (Lipinski definition) is 1. The van der Waals surface area contributed by atoms with Crippen molar-refractivity contribution in [2.24, 2.45) is 0 Å². The molecule has 0 radical (unpaired) electrons. The second-order valence-electron chi connectivity index (χ2n) is 6.01. The summed E-state index contributed by atoms with van der Waals surface area (Å²) in [5.41, 5.74) is 0.0520. The Hall–Kier alpha value is -1.04. The molecule has 0 saturated carbocycles. The zero-order chi connectivity index (χ0) is 15.4. The van der Waals surface area contributed by atoms with E-state index in [2.05, 4.69) is 23.9 Å². The first-order chi connectivity index (χ1) is 9.99. The summed E-state index contributed by atoms with van der Waals surface area (Å²) in [7, 11) is 4.15. The monoisotopic (exact) mass is 298 g/mol. The second-order valence-corrected chi connectivity index (χ2v) is 6.01. The summed E-state index contributed by atoms with van der Waals surface area (Å²) in [5.74, 6) is -1.84. The standard InChI is InChI=1S/C16H24F2N2O/c1-19(2)12-5-4-9-20(11-12)10-8-15(21)13-6-3-7-14(17)16(13)18/h3,6-7,12,15,21H,4-5,8-11H2,1-2H3. The van der Waals surface area contributed by atoms with Gasteiger partial charge in [0, 0.05) is 24.7 Å². The Morgan fingerprint density at radius 1 is 1.38 bits per heavy atom. The van der Waals surface area contributed by atoms with E-state index in [9.17, 15) is 13.9 Å². The fraction of sp³-hybridized carbons (Fsp3) is 0.625. The molecule has 0 bridgehead atoms. The van der Waals surface area contributed by atoms with Crippen molar-refractivity contribution in [1.29, 1.82) is 0 Å². The van der Waals surface area contributed by atoms with Crippen LogP contribution in [0.5, 0.6) is 0 Å². The van der Waals surface area contributed by atoms with Crippen LogP contribution in [0.3, 0.4) is 0 Å². The molecule has 2 rings (SSSR count). The molecule has 0 amide bonds. The van der Waals surface area contributed by atoms with E-state index in [4.69, 9.17) is 0 Å². The number of halogens is 2. The lowest BCUT2D eigenvalue weighted by molar-refractivity contribution is 0.101. The van der Waals surface area contributed by atoms with Crippen LogP contribution in [-0.2, 0) is 0 Å². The maximum Gasteiger partial charge on any atom is 0.164 e. The van der Waals surface area contributed by atoms with Crippen LogP contribution < -0.4 is 0 Å². The third-order valence-electron chi connectivity index (χ3n) is 4.27. The highest BCUT2D eigenvalue weighted by molar-refractivity contribution is 5.21. The van der Waals surface area contributed by atoms with Crippen molar-refractivity contribution in [3.8, 4) is 0 Å². The number of benzene rings is 1. The number of aliphatic hydroxyl groups is 1. The molecule has 1 aromatic rings. The minimum absolute atomic E-state index is 0.0520. The van der Waals surface area contributed by atoms with Crippen molar-refractivity contribution in [3.05, 3.63) is 35.4 Å². The van der Waals surface area contributed by atoms with E-state index in [0.29, 0.717) is 19.0 Å². The van der Waals surface area contributed by atoms with Crippen LogP contribution in [0.25, 0.3) is 0 Å². The van der Waals surface area contributed by atoms with Gasteiger partial charge in [-0.25, -0.2) is 8.78 Å². The fourth-order valence-corrected chi connectivity index (χ4v) is 2.89. The van der Waals surface area contributed by atoms with Crippen LogP contribution in [0.2, 0.25) is 0 Å². The number of likely N-dealkylation sites (N-methyl/N-ethyl adjacent to an activating group) is 1. The van der Waals surface area contributed by atoms with E-state index in [0.717, 1.165) is 25.6 Å². The molecule has 1 saturated heterocycles. The Labute approximate surface area is 125 Å². The number of hydrogen-bond acceptors (Lipinski definition) is 3. The summed E-state index contributed by atoms with van der Waals surface area (Å²) < 4.78 is 26.8. The first-order valence-corrected chi connectivity index (χ1v) is 7.49. The normalized spacial score (nSPS) is 21.7. The number of rotatable bonds is 5. The van der Waals surface area contributed by atoms with Gasteiger partial charge in [-0.2, -0.15) is 0 Å². The van der Waals surface area contributed by atoms with Gasteiger partial charge in [-0.1, -0.05) is 12.1 Å². The van der Waals surface area contributed by atoms with E-state index in [1.165, 1.54) is 18.6 Å². The summed E-state index contributed by atoms with van der Waals surface area (Å²) in [4.78, 5) is 4.50. The molecule has 1 heterocycles. The average molecular weight is 298 g/mol. The van der Waals surface area contributed by atoms with E-state index >= 15 is 0 Å². The van der Waals surface area contributed by atoms with Gasteiger partial charge in [-0.3, -0.25) is 0 Å². The van der Waals surface area contributed by atoms with Gasteiger partial charge in [0.15, 0.2) is 11.6 Å². The minimum Gasteiger partial charge on any atom is -0.388 e. The Morgan fingerprint density at radius 3 is 2.86 bits per heavy atom. The summed E-state index contributed by atoms with van der Waals surface area (Å²) in [6, 6.07) is 4.47. The second kappa shape index (κ2) is 7.29. The minimum atomic E-state index is -0.958. The molecular formula is C16H24F2N2O. The topological polar surface area (TPSA) is 26.7 Å².